The van der Waals surface area contributed by atoms with Crippen LogP contribution in [0.3, 0.4) is 0 Å². The fourth-order valence-electron chi connectivity index (χ4n) is 9.75. The topological polar surface area (TPSA) is 191 Å². The van der Waals surface area contributed by atoms with E-state index in [1.807, 2.05) is 36.4 Å². The van der Waals surface area contributed by atoms with Crippen molar-refractivity contribution in [3.05, 3.63) is 160 Å². The summed E-state index contributed by atoms with van der Waals surface area (Å²) >= 11 is 0. The van der Waals surface area contributed by atoms with Gasteiger partial charge in [-0.15, -0.1) is 19.7 Å². The van der Waals surface area contributed by atoms with Gasteiger partial charge in [-0.25, -0.2) is 38.9 Å². The summed E-state index contributed by atoms with van der Waals surface area (Å²) in [5.41, 5.74) is 1.20. The summed E-state index contributed by atoms with van der Waals surface area (Å²) in [6, 6.07) is 17.9. The number of carbonyl (C=O) groups is 2. The van der Waals surface area contributed by atoms with Crippen molar-refractivity contribution in [2.24, 2.45) is 0 Å². The van der Waals surface area contributed by atoms with Gasteiger partial charge in [-0.05, 0) is 183 Å². The van der Waals surface area contributed by atoms with Gasteiger partial charge in [0, 0.05) is 34.1 Å². The average molecular weight is 1360 g/mol. The van der Waals surface area contributed by atoms with Crippen molar-refractivity contribution < 1.29 is 91.0 Å². The van der Waals surface area contributed by atoms with Gasteiger partial charge in [0.1, 0.15) is 31.3 Å². The molecule has 4 aromatic carbocycles. The number of hydrogen-bond acceptors (Lipinski definition) is 19. The second-order valence-corrected chi connectivity index (χ2v) is 22.6. The number of esters is 2. The molecule has 0 radical (unpaired) electrons. The highest BCUT2D eigenvalue weighted by atomic mass is 17.2. The van der Waals surface area contributed by atoms with Crippen LogP contribution in [0.15, 0.2) is 149 Å². The van der Waals surface area contributed by atoms with Crippen LogP contribution in [0.2, 0.25) is 0 Å². The summed E-state index contributed by atoms with van der Waals surface area (Å²) in [6.07, 6.45) is 36.5. The van der Waals surface area contributed by atoms with Crippen LogP contribution in [-0.2, 0) is 53.1 Å². The van der Waals surface area contributed by atoms with Gasteiger partial charge in [0.05, 0.1) is 98.1 Å². The highest BCUT2D eigenvalue weighted by Gasteiger charge is 2.21. The van der Waals surface area contributed by atoms with Crippen LogP contribution in [0.5, 0.6) is 46.0 Å². The zero-order valence-electron chi connectivity index (χ0n) is 58.1. The van der Waals surface area contributed by atoms with Gasteiger partial charge in [-0.1, -0.05) is 81.5 Å². The van der Waals surface area contributed by atoms with E-state index in [1.54, 1.807) is 54.6 Å². The quantitative estimate of drug-likeness (QED) is 0.00592. The van der Waals surface area contributed by atoms with E-state index in [-0.39, 0.29) is 11.5 Å². The van der Waals surface area contributed by atoms with Gasteiger partial charge in [0.25, 0.3) is 0 Å². The molecule has 19 heteroatoms. The molecule has 98 heavy (non-hydrogen) atoms. The van der Waals surface area contributed by atoms with Crippen molar-refractivity contribution in [2.45, 2.75) is 154 Å². The molecule has 0 unspecified atom stereocenters. The minimum Gasteiger partial charge on any atom is -0.502 e. The Balaban J connectivity index is 1.58. The predicted molar refractivity (Wildman–Crippen MR) is 385 cm³/mol. The van der Waals surface area contributed by atoms with Crippen LogP contribution < -0.4 is 37.9 Å². The molecule has 0 heterocycles. The van der Waals surface area contributed by atoms with Crippen LogP contribution in [0, 0.1) is 0 Å². The summed E-state index contributed by atoms with van der Waals surface area (Å²) < 4.78 is 67.2. The van der Waals surface area contributed by atoms with E-state index in [1.165, 1.54) is 30.9 Å². The molecule has 0 saturated carbocycles. The summed E-state index contributed by atoms with van der Waals surface area (Å²) in [7, 11) is 0. The van der Waals surface area contributed by atoms with E-state index < -0.39 is 11.9 Å². The Labute approximate surface area is 583 Å². The van der Waals surface area contributed by atoms with E-state index in [0.29, 0.717) is 155 Å². The second-order valence-electron chi connectivity index (χ2n) is 22.6. The Bertz CT molecular complexity index is 2900. The van der Waals surface area contributed by atoms with Crippen molar-refractivity contribution in [3.8, 4) is 46.0 Å². The molecule has 4 rings (SSSR count). The first-order chi connectivity index (χ1) is 48.4. The number of fused-ring (bicyclic) bond motifs is 1. The third kappa shape index (κ3) is 37.1. The molecule has 0 N–H and O–H groups in total. The van der Waals surface area contributed by atoms with Gasteiger partial charge in [0.2, 0.25) is 11.5 Å². The second kappa shape index (κ2) is 56.9. The molecule has 0 aliphatic carbocycles. The summed E-state index contributed by atoms with van der Waals surface area (Å²) in [4.78, 5) is 58.7. The maximum absolute atomic E-state index is 13.9. The molecule has 19 nitrogen and oxygen atoms in total. The maximum atomic E-state index is 13.9. The normalized spacial score (nSPS) is 11.1. The summed E-state index contributed by atoms with van der Waals surface area (Å²) in [6.45, 7) is 28.7. The van der Waals surface area contributed by atoms with Gasteiger partial charge in [-0.3, -0.25) is 0 Å². The van der Waals surface area contributed by atoms with Gasteiger partial charge in [-0.2, -0.15) is 0 Å². The van der Waals surface area contributed by atoms with Gasteiger partial charge < -0.3 is 52.1 Å². The molecule has 0 aliphatic heterocycles. The lowest BCUT2D eigenvalue weighted by Crippen LogP contribution is -2.08. The first-order valence-corrected chi connectivity index (χ1v) is 35.0. The number of unbranched alkanes of at least 4 members (excludes halogenated alkanes) is 18. The first-order valence-electron chi connectivity index (χ1n) is 35.0. The van der Waals surface area contributed by atoms with E-state index in [0.717, 1.165) is 154 Å². The Morgan fingerprint density at radius 3 is 0.867 bits per heavy atom. The van der Waals surface area contributed by atoms with Crippen LogP contribution >= 0.6 is 0 Å². The first kappa shape index (κ1) is 82.4. The largest absolute Gasteiger partial charge is 0.502 e. The van der Waals surface area contributed by atoms with Crippen LogP contribution in [-0.4, -0.2) is 111 Å². The van der Waals surface area contributed by atoms with Gasteiger partial charge >= 0.3 is 11.9 Å². The van der Waals surface area contributed by atoms with E-state index >= 15 is 0 Å². The number of carbonyl (C=O) groups excluding carboxylic acids is 2. The average Bonchev–Trinajstić information content (AvgIpc) is 0.830. The molecule has 0 fully saturated rings. The monoisotopic (exact) mass is 1360 g/mol. The highest BCUT2D eigenvalue weighted by Crippen LogP contribution is 2.44. The minimum absolute atomic E-state index is 0.264. The molecular formula is C79H110O19. The Morgan fingerprint density at radius 2 is 0.561 bits per heavy atom. The third-order valence-electron chi connectivity index (χ3n) is 14.8. The minimum atomic E-state index is -0.646. The zero-order valence-corrected chi connectivity index (χ0v) is 58.1. The number of ether oxygens (including phenoxy) is 11. The predicted octanol–water partition coefficient (Wildman–Crippen LogP) is 18.6. The maximum Gasteiger partial charge on any atom is 0.336 e. The van der Waals surface area contributed by atoms with E-state index in [9.17, 15) is 9.59 Å². The Hall–Kier alpha value is -8.04. The number of benzene rings is 4. The molecule has 0 amide bonds. The summed E-state index contributed by atoms with van der Waals surface area (Å²) in [5, 5.41) is 1.10. The van der Waals surface area contributed by atoms with E-state index in [2.05, 4.69) is 39.5 Å². The standard InChI is InChI=1S/C79H110O19/c1-7-51-91-94-63-36-22-19-31-58-86-73-46-42-66(76(87-59-32-17-14-28-55-83-11-5)79(73)90-62-35-21-24-38-65-96-93-53-9-3)43-49-74(80)97-70-47-48-71(69-40-26-25-39-68(69)70)98-75(81)50-44-67-41-45-72(85-57-30-16-13-27-54-82-10-4)78(89-61-34-18-15-29-56-84-12-6)77(67)88-60-33-20-23-37-64-95-92-52-8-2/h7-12,25-26,39-50H,1-6,13-24,27-38,51-65H2. The molecular weight excluding hydrogens is 1250 g/mol. The van der Waals surface area contributed by atoms with Crippen LogP contribution in [0.25, 0.3) is 22.9 Å². The van der Waals surface area contributed by atoms with Crippen LogP contribution in [0.1, 0.15) is 165 Å². The van der Waals surface area contributed by atoms with E-state index in [4.69, 9.17) is 81.4 Å². The SMILES string of the molecule is C=CCOOCCCCCCOc1ccc(C=CC(=O)Oc2ccc(OC(=O)C=Cc3ccc(OCCCCCCOC=C)c(OCCCCCCOC=C)c3OCCCCCCOOCC=C)c3ccccc23)c(OCCCCCCOC=C)c1OCCCCCCOOCC=C. The zero-order chi connectivity index (χ0) is 69.8. The van der Waals surface area contributed by atoms with Crippen LogP contribution in [0.4, 0.5) is 0 Å². The molecule has 0 spiro atoms. The molecule has 0 bridgehead atoms. The van der Waals surface area contributed by atoms with Crippen molar-refractivity contribution in [3.63, 3.8) is 0 Å². The lowest BCUT2D eigenvalue weighted by molar-refractivity contribution is -0.286. The fourth-order valence-corrected chi connectivity index (χ4v) is 9.75. The lowest BCUT2D eigenvalue weighted by Gasteiger charge is -2.19. The molecule has 0 aromatic heterocycles. The smallest absolute Gasteiger partial charge is 0.336 e. The number of hydrogen-bond donors (Lipinski definition) is 0. The molecule has 0 atom stereocenters. The summed E-state index contributed by atoms with van der Waals surface area (Å²) in [5.74, 6) is 2.17. The molecule has 0 saturated heterocycles. The van der Waals surface area contributed by atoms with Crippen molar-refractivity contribution >= 4 is 34.9 Å². The Kier molecular flexibility index (Phi) is 47.9. The van der Waals surface area contributed by atoms with Crippen molar-refractivity contribution in [1.82, 2.24) is 0 Å². The van der Waals surface area contributed by atoms with Crippen molar-refractivity contribution in [2.75, 3.05) is 99.1 Å². The fraction of sp³-hybridized carbons (Fsp3) is 0.494. The highest BCUT2D eigenvalue weighted by molar-refractivity contribution is 5.99. The lowest BCUT2D eigenvalue weighted by atomic mass is 10.1. The molecule has 540 valence electrons. The molecule has 4 aromatic rings. The number of rotatable bonds is 66. The van der Waals surface area contributed by atoms with Gasteiger partial charge in [0.15, 0.2) is 23.0 Å². The Morgan fingerprint density at radius 1 is 0.286 bits per heavy atom. The van der Waals surface area contributed by atoms with Crippen molar-refractivity contribution in [1.29, 1.82) is 0 Å². The molecule has 0 aliphatic rings. The third-order valence-corrected chi connectivity index (χ3v) is 14.8.